The van der Waals surface area contributed by atoms with E-state index >= 15 is 0 Å². The van der Waals surface area contributed by atoms with Crippen molar-refractivity contribution in [3.8, 4) is 0 Å². The molecule has 0 amide bonds. The van der Waals surface area contributed by atoms with Gasteiger partial charge in [-0.1, -0.05) is 111 Å². The zero-order valence-electron chi connectivity index (χ0n) is 19.8. The average Bonchev–Trinajstić information content (AvgIpc) is 3.24. The lowest BCUT2D eigenvalue weighted by Gasteiger charge is -2.46. The van der Waals surface area contributed by atoms with Gasteiger partial charge in [0.05, 0.1) is 5.41 Å². The highest BCUT2D eigenvalue weighted by Crippen LogP contribution is 2.69. The fourth-order valence-electron chi connectivity index (χ4n) is 6.52. The second-order valence-corrected chi connectivity index (χ2v) is 10.3. The number of benzene rings is 3. The Bertz CT molecular complexity index is 1250. The summed E-state index contributed by atoms with van der Waals surface area (Å²) in [6.45, 7) is 4.37. The van der Waals surface area contributed by atoms with Crippen molar-refractivity contribution in [2.75, 3.05) is 0 Å². The van der Waals surface area contributed by atoms with E-state index in [-0.39, 0.29) is 17.0 Å². The first-order valence-corrected chi connectivity index (χ1v) is 12.1. The summed E-state index contributed by atoms with van der Waals surface area (Å²) >= 11 is 0. The third-order valence-corrected chi connectivity index (χ3v) is 8.51. The van der Waals surface area contributed by atoms with Crippen molar-refractivity contribution >= 4 is 17.6 Å². The van der Waals surface area contributed by atoms with E-state index < -0.39 is 11.0 Å². The third kappa shape index (κ3) is 3.14. The van der Waals surface area contributed by atoms with Gasteiger partial charge in [0, 0.05) is 12.0 Å². The molecule has 0 aromatic heterocycles. The Labute approximate surface area is 201 Å². The van der Waals surface area contributed by atoms with E-state index in [2.05, 4.69) is 13.8 Å². The number of ketones is 2. The first-order chi connectivity index (χ1) is 16.3. The van der Waals surface area contributed by atoms with Gasteiger partial charge in [-0.25, -0.2) is 0 Å². The highest BCUT2D eigenvalue weighted by molar-refractivity contribution is 6.09. The molecule has 3 aromatic carbocycles. The lowest BCUT2D eigenvalue weighted by molar-refractivity contribution is -0.127. The van der Waals surface area contributed by atoms with Gasteiger partial charge in [-0.15, -0.1) is 0 Å². The van der Waals surface area contributed by atoms with Crippen LogP contribution in [0.3, 0.4) is 0 Å². The minimum absolute atomic E-state index is 0.185. The molecule has 3 unspecified atom stereocenters. The van der Waals surface area contributed by atoms with Crippen molar-refractivity contribution in [1.82, 2.24) is 0 Å². The van der Waals surface area contributed by atoms with Crippen LogP contribution in [-0.4, -0.2) is 11.6 Å². The molecule has 0 heterocycles. The molecule has 0 spiro atoms. The van der Waals surface area contributed by atoms with E-state index in [0.717, 1.165) is 24.0 Å². The maximum absolute atomic E-state index is 14.4. The van der Waals surface area contributed by atoms with Gasteiger partial charge in [-0.05, 0) is 40.9 Å². The zero-order valence-corrected chi connectivity index (χ0v) is 19.8. The molecular weight excluding hydrogens is 418 g/mol. The Morgan fingerprint density at radius 2 is 1.47 bits per heavy atom. The lowest BCUT2D eigenvalue weighted by Crippen LogP contribution is -2.54. The van der Waals surface area contributed by atoms with Gasteiger partial charge in [-0.2, -0.15) is 0 Å². The van der Waals surface area contributed by atoms with E-state index in [1.165, 1.54) is 0 Å². The summed E-state index contributed by atoms with van der Waals surface area (Å²) < 4.78 is 0. The largest absolute Gasteiger partial charge is 0.311 e. The number of carbonyl (C=O) groups excluding carboxylic acids is 2. The number of Topliss-reactive ketones (excluding diaryl/α,β-unsaturated/α-hetero) is 2. The van der Waals surface area contributed by atoms with Crippen LogP contribution in [0, 0.1) is 16.7 Å². The Kier molecular flexibility index (Phi) is 5.41. The average molecular weight is 450 g/mol. The molecule has 0 aliphatic heterocycles. The van der Waals surface area contributed by atoms with Gasteiger partial charge >= 0.3 is 0 Å². The van der Waals surface area contributed by atoms with Crippen molar-refractivity contribution < 1.29 is 9.59 Å². The monoisotopic (exact) mass is 449 g/mol. The Morgan fingerprint density at radius 3 is 2.00 bits per heavy atom. The topological polar surface area (TPSA) is 60.2 Å². The highest BCUT2D eigenvalue weighted by atomic mass is 16.1. The first kappa shape index (κ1) is 22.5. The molecule has 2 bridgehead atoms. The number of carbonyl (C=O) groups is 2. The van der Waals surface area contributed by atoms with Crippen LogP contribution in [0.2, 0.25) is 0 Å². The van der Waals surface area contributed by atoms with Crippen molar-refractivity contribution in [2.24, 2.45) is 22.5 Å². The zero-order chi connectivity index (χ0) is 24.0. The summed E-state index contributed by atoms with van der Waals surface area (Å²) in [4.78, 5) is 28.2. The smallest absolute Gasteiger partial charge is 0.191 e. The van der Waals surface area contributed by atoms with E-state index in [1.807, 2.05) is 97.1 Å². The molecule has 5 rings (SSSR count). The Hall–Kier alpha value is -3.30. The summed E-state index contributed by atoms with van der Waals surface area (Å²) in [5.41, 5.74) is 7.71. The molecule has 3 nitrogen and oxygen atoms in total. The molecular formula is C31H31NO2. The van der Waals surface area contributed by atoms with Crippen LogP contribution in [0.25, 0.3) is 6.08 Å². The van der Waals surface area contributed by atoms with E-state index in [9.17, 15) is 9.59 Å². The summed E-state index contributed by atoms with van der Waals surface area (Å²) in [6, 6.07) is 28.7. The van der Waals surface area contributed by atoms with Crippen LogP contribution in [0.4, 0.5) is 0 Å². The van der Waals surface area contributed by atoms with Crippen LogP contribution in [0.15, 0.2) is 96.6 Å². The molecule has 172 valence electrons. The van der Waals surface area contributed by atoms with E-state index in [0.29, 0.717) is 23.5 Å². The lowest BCUT2D eigenvalue weighted by atomic mass is 9.57. The molecule has 0 radical (unpaired) electrons. The first-order valence-electron chi connectivity index (χ1n) is 12.1. The van der Waals surface area contributed by atoms with Crippen molar-refractivity contribution in [1.29, 1.82) is 0 Å². The summed E-state index contributed by atoms with van der Waals surface area (Å²) in [5.74, 6) is 0.323. The molecule has 3 aromatic rings. The Balaban J connectivity index is 1.84. The highest BCUT2D eigenvalue weighted by Gasteiger charge is 2.68. The van der Waals surface area contributed by atoms with Gasteiger partial charge in [0.15, 0.2) is 5.78 Å². The minimum atomic E-state index is -1.48. The number of hydrogen-bond acceptors (Lipinski definition) is 3. The van der Waals surface area contributed by atoms with Crippen molar-refractivity contribution in [3.63, 3.8) is 0 Å². The molecule has 3 atom stereocenters. The number of fused-ring (bicyclic) bond motifs is 2. The molecule has 34 heavy (non-hydrogen) atoms. The molecule has 3 heteroatoms. The van der Waals surface area contributed by atoms with Crippen molar-refractivity contribution in [2.45, 2.75) is 38.6 Å². The number of nitrogens with two attached hydrogens (primary N) is 1. The van der Waals surface area contributed by atoms with Gasteiger partial charge in [-0.3, -0.25) is 9.59 Å². The molecule has 2 saturated carbocycles. The normalized spacial score (nSPS) is 25.2. The fraction of sp³-hybridized carbons (Fsp3) is 0.290. The number of rotatable bonds is 6. The van der Waals surface area contributed by atoms with Crippen molar-refractivity contribution in [3.05, 3.63) is 113 Å². The SMILES string of the molecule is CC1(C)C2CCC1(C(=Cc1ccccc1)C(N)(C(=O)c1ccccc1)c1ccccc1)C(=O)C2. The van der Waals surface area contributed by atoms with Gasteiger partial charge in [0.25, 0.3) is 0 Å². The van der Waals surface area contributed by atoms with Crippen LogP contribution in [-0.2, 0) is 10.3 Å². The van der Waals surface area contributed by atoms with Crippen LogP contribution >= 0.6 is 0 Å². The molecule has 2 aliphatic carbocycles. The maximum atomic E-state index is 14.4. The van der Waals surface area contributed by atoms with E-state index in [1.54, 1.807) is 0 Å². The van der Waals surface area contributed by atoms with Gasteiger partial charge in [0.1, 0.15) is 11.3 Å². The fourth-order valence-corrected chi connectivity index (χ4v) is 6.52. The van der Waals surface area contributed by atoms with Crippen LogP contribution < -0.4 is 5.73 Å². The Morgan fingerprint density at radius 1 is 0.912 bits per heavy atom. The number of hydrogen-bond donors (Lipinski definition) is 1. The predicted octanol–water partition coefficient (Wildman–Crippen LogP) is 6.20. The predicted molar refractivity (Wildman–Crippen MR) is 136 cm³/mol. The van der Waals surface area contributed by atoms with Crippen LogP contribution in [0.1, 0.15) is 54.6 Å². The summed E-state index contributed by atoms with van der Waals surface area (Å²) in [6.07, 6.45) is 4.26. The summed E-state index contributed by atoms with van der Waals surface area (Å²) in [7, 11) is 0. The third-order valence-electron chi connectivity index (χ3n) is 8.51. The van der Waals surface area contributed by atoms with Gasteiger partial charge in [0.2, 0.25) is 0 Å². The molecule has 2 N–H and O–H groups in total. The standard InChI is InChI=1S/C31H31NO2/c1-29(2)25-18-19-30(29,27(33)21-25)26(20-22-12-6-3-7-13-22)31(32,24-16-10-5-11-17-24)28(34)23-14-8-4-9-15-23/h3-17,20,25H,18-19,21,32H2,1-2H3. The summed E-state index contributed by atoms with van der Waals surface area (Å²) in [5, 5.41) is 0. The second-order valence-electron chi connectivity index (χ2n) is 10.3. The second kappa shape index (κ2) is 8.18. The van der Waals surface area contributed by atoms with Gasteiger partial charge < -0.3 is 5.73 Å². The molecule has 2 fully saturated rings. The quantitative estimate of drug-likeness (QED) is 0.456. The van der Waals surface area contributed by atoms with Crippen LogP contribution in [0.5, 0.6) is 0 Å². The molecule has 2 aliphatic rings. The van der Waals surface area contributed by atoms with E-state index in [4.69, 9.17) is 5.73 Å². The maximum Gasteiger partial charge on any atom is 0.191 e. The minimum Gasteiger partial charge on any atom is -0.311 e. The molecule has 0 saturated heterocycles.